The molecule has 31 heavy (non-hydrogen) atoms. The Morgan fingerprint density at radius 2 is 2.00 bits per heavy atom. The highest BCUT2D eigenvalue weighted by Crippen LogP contribution is 2.39. The minimum absolute atomic E-state index is 0.0677. The summed E-state index contributed by atoms with van der Waals surface area (Å²) in [6.45, 7) is 4.32. The highest BCUT2D eigenvalue weighted by atomic mass is 32.1. The zero-order valence-electron chi connectivity index (χ0n) is 18.0. The largest absolute Gasteiger partial charge is 0.497 e. The Morgan fingerprint density at radius 3 is 2.71 bits per heavy atom. The number of benzene rings is 1. The number of aromatic nitrogens is 1. The van der Waals surface area contributed by atoms with Crippen molar-refractivity contribution in [3.05, 3.63) is 28.8 Å². The molecule has 0 saturated carbocycles. The molecule has 1 fully saturated rings. The highest BCUT2D eigenvalue weighted by Gasteiger charge is 2.38. The number of hydrogen-bond acceptors (Lipinski definition) is 7. The van der Waals surface area contributed by atoms with E-state index in [2.05, 4.69) is 10.3 Å². The number of ketones is 1. The second kappa shape index (κ2) is 7.96. The number of carbonyl (C=O) groups is 3. The lowest BCUT2D eigenvalue weighted by Gasteiger charge is -2.26. The smallest absolute Gasteiger partial charge is 0.231 e. The van der Waals surface area contributed by atoms with E-state index in [1.54, 1.807) is 30.2 Å². The lowest BCUT2D eigenvalue weighted by molar-refractivity contribution is -0.122. The fourth-order valence-electron chi connectivity index (χ4n) is 4.10. The molecule has 1 aromatic carbocycles. The molecule has 2 heterocycles. The van der Waals surface area contributed by atoms with Gasteiger partial charge in [0, 0.05) is 25.5 Å². The number of nitrogens with zero attached hydrogens (tertiary/aromatic N) is 2. The first-order valence-electron chi connectivity index (χ1n) is 10.1. The van der Waals surface area contributed by atoms with Crippen molar-refractivity contribution in [1.29, 1.82) is 0 Å². The van der Waals surface area contributed by atoms with Crippen LogP contribution in [0.1, 0.15) is 42.1 Å². The second-order valence-electron chi connectivity index (χ2n) is 8.67. The average molecular weight is 444 g/mol. The second-order valence-corrected chi connectivity index (χ2v) is 9.67. The molecule has 0 unspecified atom stereocenters. The fourth-order valence-corrected chi connectivity index (χ4v) is 5.03. The maximum atomic E-state index is 12.9. The van der Waals surface area contributed by atoms with Crippen LogP contribution >= 0.6 is 11.3 Å². The van der Waals surface area contributed by atoms with Gasteiger partial charge in [-0.05, 0) is 24.0 Å². The Kier molecular flexibility index (Phi) is 5.47. The maximum Gasteiger partial charge on any atom is 0.231 e. The molecule has 0 radical (unpaired) electrons. The minimum Gasteiger partial charge on any atom is -0.497 e. The van der Waals surface area contributed by atoms with E-state index in [0.717, 1.165) is 5.69 Å². The van der Waals surface area contributed by atoms with Crippen molar-refractivity contribution in [1.82, 2.24) is 4.98 Å². The number of carbonyl (C=O) groups excluding carboxylic acids is 3. The van der Waals surface area contributed by atoms with E-state index in [4.69, 9.17) is 9.47 Å². The quantitative estimate of drug-likeness (QED) is 0.761. The third-order valence-corrected chi connectivity index (χ3v) is 6.69. The molecule has 2 aliphatic rings. The van der Waals surface area contributed by atoms with Gasteiger partial charge in [-0.2, -0.15) is 0 Å². The van der Waals surface area contributed by atoms with Gasteiger partial charge in [0.1, 0.15) is 11.5 Å². The number of thiazole rings is 1. The Labute approximate surface area is 184 Å². The Hall–Kier alpha value is -2.94. The van der Waals surface area contributed by atoms with Crippen molar-refractivity contribution in [3.63, 3.8) is 0 Å². The molecule has 8 nitrogen and oxygen atoms in total. The number of nitrogens with one attached hydrogen (secondary N) is 1. The molecule has 1 N–H and O–H groups in total. The van der Waals surface area contributed by atoms with Gasteiger partial charge < -0.3 is 19.7 Å². The van der Waals surface area contributed by atoms with E-state index in [-0.39, 0.29) is 36.0 Å². The standard InChI is InChI=1S/C22H25N3O5S/c1-22(2)9-14-19(16(26)10-22)31-21(23-14)24-20(28)12-7-18(27)25(11-12)15-6-5-13(29-3)8-17(15)30-4/h5-6,8,12H,7,9-11H2,1-4H3,(H,23,24,28)/t12-/m1/s1. The Balaban J connectivity index is 1.48. The summed E-state index contributed by atoms with van der Waals surface area (Å²) in [6, 6.07) is 5.20. The topological polar surface area (TPSA) is 97.8 Å². The Morgan fingerprint density at radius 1 is 1.23 bits per heavy atom. The molecule has 1 aliphatic heterocycles. The predicted molar refractivity (Wildman–Crippen MR) is 117 cm³/mol. The molecule has 4 rings (SSSR count). The molecule has 2 aromatic rings. The summed E-state index contributed by atoms with van der Waals surface area (Å²) < 4.78 is 10.6. The molecule has 1 aromatic heterocycles. The molecule has 1 saturated heterocycles. The number of anilines is 2. The highest BCUT2D eigenvalue weighted by molar-refractivity contribution is 7.17. The number of hydrogen-bond donors (Lipinski definition) is 1. The fraction of sp³-hybridized carbons (Fsp3) is 0.455. The van der Waals surface area contributed by atoms with Gasteiger partial charge >= 0.3 is 0 Å². The average Bonchev–Trinajstić information content (AvgIpc) is 3.29. The number of ether oxygens (including phenoxy) is 2. The molecule has 0 spiro atoms. The molecular formula is C22H25N3O5S. The summed E-state index contributed by atoms with van der Waals surface area (Å²) in [5.41, 5.74) is 1.21. The lowest BCUT2D eigenvalue weighted by Crippen LogP contribution is -2.28. The van der Waals surface area contributed by atoms with Crippen LogP contribution < -0.4 is 19.7 Å². The van der Waals surface area contributed by atoms with Crippen LogP contribution in [0.4, 0.5) is 10.8 Å². The van der Waals surface area contributed by atoms with Crippen LogP contribution in [0.5, 0.6) is 11.5 Å². The molecule has 9 heteroatoms. The third-order valence-electron chi connectivity index (χ3n) is 5.64. The first-order chi connectivity index (χ1) is 14.7. The van der Waals surface area contributed by atoms with Crippen LogP contribution in [0.3, 0.4) is 0 Å². The van der Waals surface area contributed by atoms with Gasteiger partial charge in [0.15, 0.2) is 10.9 Å². The summed E-state index contributed by atoms with van der Waals surface area (Å²) >= 11 is 1.21. The summed E-state index contributed by atoms with van der Waals surface area (Å²) in [5, 5.41) is 3.23. The Bertz CT molecular complexity index is 1060. The summed E-state index contributed by atoms with van der Waals surface area (Å²) in [6.07, 6.45) is 1.27. The monoisotopic (exact) mass is 443 g/mol. The van der Waals surface area contributed by atoms with Gasteiger partial charge in [0.2, 0.25) is 11.8 Å². The van der Waals surface area contributed by atoms with Crippen LogP contribution in [0.15, 0.2) is 18.2 Å². The summed E-state index contributed by atoms with van der Waals surface area (Å²) in [4.78, 5) is 44.6. The molecule has 1 aliphatic carbocycles. The van der Waals surface area contributed by atoms with Crippen LogP contribution in [-0.2, 0) is 16.0 Å². The number of amides is 2. The molecule has 2 amide bonds. The van der Waals surface area contributed by atoms with Crippen molar-refractivity contribution >= 4 is 39.8 Å². The number of methoxy groups -OCH3 is 2. The van der Waals surface area contributed by atoms with Gasteiger partial charge in [0.25, 0.3) is 0 Å². The van der Waals surface area contributed by atoms with E-state index >= 15 is 0 Å². The van der Waals surface area contributed by atoms with E-state index in [1.165, 1.54) is 18.4 Å². The molecule has 0 bridgehead atoms. The van der Waals surface area contributed by atoms with Gasteiger partial charge in [-0.25, -0.2) is 4.98 Å². The van der Waals surface area contributed by atoms with E-state index < -0.39 is 5.92 Å². The molecular weight excluding hydrogens is 418 g/mol. The van der Waals surface area contributed by atoms with Gasteiger partial charge in [-0.3, -0.25) is 14.4 Å². The van der Waals surface area contributed by atoms with Crippen LogP contribution in [0.25, 0.3) is 0 Å². The van der Waals surface area contributed by atoms with Crippen LogP contribution in [-0.4, -0.2) is 43.3 Å². The van der Waals surface area contributed by atoms with Crippen molar-refractivity contribution < 1.29 is 23.9 Å². The van der Waals surface area contributed by atoms with E-state index in [0.29, 0.717) is 40.0 Å². The summed E-state index contributed by atoms with van der Waals surface area (Å²) in [5.74, 6) is 0.236. The van der Waals surface area contributed by atoms with Crippen molar-refractivity contribution in [3.8, 4) is 11.5 Å². The minimum atomic E-state index is -0.521. The van der Waals surface area contributed by atoms with Crippen molar-refractivity contribution in [2.75, 3.05) is 31.0 Å². The van der Waals surface area contributed by atoms with Crippen molar-refractivity contribution in [2.45, 2.75) is 33.1 Å². The van der Waals surface area contributed by atoms with Gasteiger partial charge in [0.05, 0.1) is 36.4 Å². The van der Waals surface area contributed by atoms with E-state index in [9.17, 15) is 14.4 Å². The first kappa shape index (κ1) is 21.3. The van der Waals surface area contributed by atoms with Gasteiger partial charge in [-0.1, -0.05) is 25.2 Å². The number of fused-ring (bicyclic) bond motifs is 1. The lowest BCUT2D eigenvalue weighted by atomic mass is 9.78. The number of Topliss-reactive ketones (excluding diaryl/α,β-unsaturated/α-hetero) is 1. The van der Waals surface area contributed by atoms with Crippen LogP contribution in [0.2, 0.25) is 0 Å². The zero-order valence-corrected chi connectivity index (χ0v) is 18.8. The third kappa shape index (κ3) is 4.14. The van der Waals surface area contributed by atoms with Crippen LogP contribution in [0, 0.1) is 11.3 Å². The predicted octanol–water partition coefficient (Wildman–Crippen LogP) is 3.31. The normalized spacial score (nSPS) is 19.9. The first-order valence-corrected chi connectivity index (χ1v) is 10.9. The maximum absolute atomic E-state index is 12.9. The van der Waals surface area contributed by atoms with Gasteiger partial charge in [-0.15, -0.1) is 0 Å². The van der Waals surface area contributed by atoms with Crippen molar-refractivity contribution in [2.24, 2.45) is 11.3 Å². The van der Waals surface area contributed by atoms with E-state index in [1.807, 2.05) is 13.8 Å². The zero-order chi connectivity index (χ0) is 22.3. The molecule has 1 atom stereocenters. The number of rotatable bonds is 5. The molecule has 164 valence electrons. The summed E-state index contributed by atoms with van der Waals surface area (Å²) in [7, 11) is 3.08. The SMILES string of the molecule is COc1ccc(N2C[C@H](C(=O)Nc3nc4c(s3)C(=O)CC(C)(C)C4)CC2=O)c(OC)c1.